The van der Waals surface area contributed by atoms with E-state index < -0.39 is 0 Å². The molecule has 0 atom stereocenters. The fraction of sp³-hybridized carbons (Fsp3) is 0.167. The summed E-state index contributed by atoms with van der Waals surface area (Å²) in [6, 6.07) is 15.0. The van der Waals surface area contributed by atoms with Crippen molar-refractivity contribution in [2.45, 2.75) is 27.3 Å². The molecule has 0 radical (unpaired) electrons. The van der Waals surface area contributed by atoms with Gasteiger partial charge in [-0.2, -0.15) is 5.10 Å². The highest BCUT2D eigenvalue weighted by Gasteiger charge is 2.20. The van der Waals surface area contributed by atoms with Crippen molar-refractivity contribution >= 4 is 23.2 Å². The van der Waals surface area contributed by atoms with Crippen molar-refractivity contribution in [2.75, 3.05) is 5.32 Å². The summed E-state index contributed by atoms with van der Waals surface area (Å²) in [5.74, 6) is 0.375. The van der Waals surface area contributed by atoms with Crippen molar-refractivity contribution in [1.29, 1.82) is 0 Å². The minimum Gasteiger partial charge on any atom is -0.424 e. The summed E-state index contributed by atoms with van der Waals surface area (Å²) >= 11 is 6.29. The molecule has 0 spiro atoms. The lowest BCUT2D eigenvalue weighted by atomic mass is 10.1. The molecule has 2 heterocycles. The van der Waals surface area contributed by atoms with Crippen LogP contribution < -0.4 is 10.1 Å². The van der Waals surface area contributed by atoms with Crippen LogP contribution in [0.15, 0.2) is 60.9 Å². The minimum atomic E-state index is -0.214. The van der Waals surface area contributed by atoms with E-state index in [0.717, 1.165) is 16.8 Å². The zero-order valence-corrected chi connectivity index (χ0v) is 18.7. The monoisotopic (exact) mass is 447 g/mol. The topological polar surface area (TPSA) is 81.9 Å². The van der Waals surface area contributed by atoms with E-state index in [1.165, 1.54) is 0 Å². The van der Waals surface area contributed by atoms with Gasteiger partial charge >= 0.3 is 6.01 Å². The maximum Gasteiger partial charge on any atom is 0.321 e. The molecule has 7 nitrogen and oxygen atoms in total. The van der Waals surface area contributed by atoms with E-state index in [0.29, 0.717) is 34.3 Å². The van der Waals surface area contributed by atoms with Crippen LogP contribution in [0.2, 0.25) is 5.02 Å². The third-order valence-corrected chi connectivity index (χ3v) is 5.45. The molecule has 0 fully saturated rings. The van der Waals surface area contributed by atoms with Gasteiger partial charge in [0.25, 0.3) is 5.91 Å². The molecule has 0 bridgehead atoms. The molecule has 1 amide bonds. The molecule has 0 saturated heterocycles. The van der Waals surface area contributed by atoms with Crippen LogP contribution >= 0.6 is 11.6 Å². The number of amides is 1. The second kappa shape index (κ2) is 9.20. The number of rotatable bonds is 6. The molecule has 0 aliphatic heterocycles. The Morgan fingerprint density at radius 3 is 2.53 bits per heavy atom. The van der Waals surface area contributed by atoms with Crippen LogP contribution in [0.25, 0.3) is 0 Å². The Morgan fingerprint density at radius 1 is 1.06 bits per heavy atom. The van der Waals surface area contributed by atoms with Crippen molar-refractivity contribution in [2.24, 2.45) is 0 Å². The van der Waals surface area contributed by atoms with E-state index in [1.54, 1.807) is 35.3 Å². The second-order valence-electron chi connectivity index (χ2n) is 7.36. The highest BCUT2D eigenvalue weighted by Crippen LogP contribution is 2.26. The average Bonchev–Trinajstić information content (AvgIpc) is 3.05. The highest BCUT2D eigenvalue weighted by molar-refractivity contribution is 6.31. The molecule has 2 aromatic carbocycles. The van der Waals surface area contributed by atoms with Gasteiger partial charge in [0, 0.05) is 28.8 Å². The van der Waals surface area contributed by atoms with E-state index in [4.69, 9.17) is 16.3 Å². The van der Waals surface area contributed by atoms with Gasteiger partial charge in [0.1, 0.15) is 5.75 Å². The van der Waals surface area contributed by atoms with Crippen molar-refractivity contribution in [3.63, 3.8) is 0 Å². The van der Waals surface area contributed by atoms with Gasteiger partial charge in [0.05, 0.1) is 17.8 Å². The molecule has 4 aromatic rings. The van der Waals surface area contributed by atoms with E-state index in [1.807, 2.05) is 51.1 Å². The molecule has 32 heavy (non-hydrogen) atoms. The number of hydrogen-bond acceptors (Lipinski definition) is 5. The number of hydrogen-bond donors (Lipinski definition) is 1. The maximum atomic E-state index is 13.1. The molecule has 0 unspecified atom stereocenters. The van der Waals surface area contributed by atoms with Crippen LogP contribution in [0, 0.1) is 20.8 Å². The summed E-state index contributed by atoms with van der Waals surface area (Å²) in [5.41, 5.74) is 4.47. The summed E-state index contributed by atoms with van der Waals surface area (Å²) in [6.07, 6.45) is 3.22. The summed E-state index contributed by atoms with van der Waals surface area (Å²) in [6.45, 7) is 6.10. The quantitative estimate of drug-likeness (QED) is 0.431. The zero-order chi connectivity index (χ0) is 22.7. The second-order valence-corrected chi connectivity index (χ2v) is 7.77. The third-order valence-electron chi connectivity index (χ3n) is 5.08. The maximum absolute atomic E-state index is 13.1. The van der Waals surface area contributed by atoms with E-state index in [9.17, 15) is 4.79 Å². The molecule has 4 rings (SSSR count). The minimum absolute atomic E-state index is 0.214. The van der Waals surface area contributed by atoms with Crippen LogP contribution in [-0.2, 0) is 6.54 Å². The van der Waals surface area contributed by atoms with Crippen molar-refractivity contribution < 1.29 is 9.53 Å². The Morgan fingerprint density at radius 2 is 1.81 bits per heavy atom. The van der Waals surface area contributed by atoms with Gasteiger partial charge in [-0.15, -0.1) is 0 Å². The number of anilines is 1. The molecular formula is C24H22ClN5O2. The first-order chi connectivity index (χ1) is 15.4. The first kappa shape index (κ1) is 21.5. The Hall–Kier alpha value is -3.71. The van der Waals surface area contributed by atoms with Gasteiger partial charge in [0.15, 0.2) is 0 Å². The Bertz CT molecular complexity index is 1270. The predicted octanol–water partition coefficient (Wildman–Crippen LogP) is 5.34. The normalized spacial score (nSPS) is 10.8. The van der Waals surface area contributed by atoms with Gasteiger partial charge in [-0.05, 0) is 62.2 Å². The Kier molecular flexibility index (Phi) is 6.18. The number of nitrogens with zero attached hydrogens (tertiary/aromatic N) is 4. The number of carbonyl (C=O) groups excluding carboxylic acids is 1. The largest absolute Gasteiger partial charge is 0.424 e. The van der Waals surface area contributed by atoms with Gasteiger partial charge < -0.3 is 10.1 Å². The number of carbonyl (C=O) groups is 1. The summed E-state index contributed by atoms with van der Waals surface area (Å²) in [7, 11) is 0. The van der Waals surface area contributed by atoms with Crippen LogP contribution in [0.3, 0.4) is 0 Å². The molecule has 0 saturated carbocycles. The van der Waals surface area contributed by atoms with E-state index >= 15 is 0 Å². The highest BCUT2D eigenvalue weighted by atomic mass is 35.5. The summed E-state index contributed by atoms with van der Waals surface area (Å²) < 4.78 is 7.45. The van der Waals surface area contributed by atoms with Gasteiger partial charge in [-0.25, -0.2) is 9.97 Å². The zero-order valence-electron chi connectivity index (χ0n) is 18.0. The lowest BCUT2D eigenvalue weighted by Gasteiger charge is -2.11. The molecule has 1 N–H and O–H groups in total. The fourth-order valence-electron chi connectivity index (χ4n) is 3.44. The number of aromatic nitrogens is 4. The standard InChI is InChI=1S/C24H22ClN5O2/c1-15-13-19(32-24-26-11-6-12-27-24)9-10-21(15)28-23(31)22-16(2)29-30(17(22)3)14-18-7-4-5-8-20(18)25/h4-13H,14H2,1-3H3,(H,28,31). The molecule has 2 aromatic heterocycles. The van der Waals surface area contributed by atoms with Gasteiger partial charge in [-0.3, -0.25) is 9.48 Å². The predicted molar refractivity (Wildman–Crippen MR) is 123 cm³/mol. The van der Waals surface area contributed by atoms with Crippen LogP contribution in [0.4, 0.5) is 5.69 Å². The SMILES string of the molecule is Cc1cc(Oc2ncccn2)ccc1NC(=O)c1c(C)nn(Cc2ccccc2Cl)c1C. The smallest absolute Gasteiger partial charge is 0.321 e. The number of benzene rings is 2. The third kappa shape index (κ3) is 4.63. The number of nitrogens with one attached hydrogen (secondary N) is 1. The molecule has 0 aliphatic rings. The summed E-state index contributed by atoms with van der Waals surface area (Å²) in [4.78, 5) is 21.2. The first-order valence-corrected chi connectivity index (χ1v) is 10.4. The van der Waals surface area contributed by atoms with Crippen LogP contribution in [-0.4, -0.2) is 25.7 Å². The number of halogens is 1. The van der Waals surface area contributed by atoms with Crippen LogP contribution in [0.1, 0.15) is 32.9 Å². The van der Waals surface area contributed by atoms with Gasteiger partial charge in [0.2, 0.25) is 0 Å². The lowest BCUT2D eigenvalue weighted by Crippen LogP contribution is -2.15. The molecule has 162 valence electrons. The van der Waals surface area contributed by atoms with E-state index in [-0.39, 0.29) is 11.9 Å². The van der Waals surface area contributed by atoms with Crippen molar-refractivity contribution in [1.82, 2.24) is 19.7 Å². The Labute approximate surface area is 191 Å². The van der Waals surface area contributed by atoms with E-state index in [2.05, 4.69) is 20.4 Å². The number of aryl methyl sites for hydroxylation is 2. The first-order valence-electron chi connectivity index (χ1n) is 10.1. The average molecular weight is 448 g/mol. The fourth-order valence-corrected chi connectivity index (χ4v) is 3.63. The molecular weight excluding hydrogens is 426 g/mol. The molecule has 8 heteroatoms. The van der Waals surface area contributed by atoms with Gasteiger partial charge in [-0.1, -0.05) is 29.8 Å². The lowest BCUT2D eigenvalue weighted by molar-refractivity contribution is 0.102. The Balaban J connectivity index is 1.51. The summed E-state index contributed by atoms with van der Waals surface area (Å²) in [5, 5.41) is 8.21. The van der Waals surface area contributed by atoms with Crippen LogP contribution in [0.5, 0.6) is 11.8 Å². The van der Waals surface area contributed by atoms with Crippen molar-refractivity contribution in [3.05, 3.63) is 94.0 Å². The number of ether oxygens (including phenoxy) is 1. The molecule has 0 aliphatic carbocycles. The van der Waals surface area contributed by atoms with Crippen molar-refractivity contribution in [3.8, 4) is 11.8 Å².